The number of imidazole rings is 1. The van der Waals surface area contributed by atoms with Gasteiger partial charge in [-0.05, 0) is 24.6 Å². The molecule has 0 spiro atoms. The minimum Gasteiger partial charge on any atom is -0.497 e. The molecular formula is C16H18N2O2S. The molecule has 1 N–H and O–H groups in total. The zero-order chi connectivity index (χ0) is 14.9. The lowest BCUT2D eigenvalue weighted by Gasteiger charge is -2.22. The van der Waals surface area contributed by atoms with Crippen LogP contribution in [-0.2, 0) is 12.8 Å². The molecule has 1 unspecified atom stereocenters. The van der Waals surface area contributed by atoms with E-state index in [4.69, 9.17) is 4.74 Å². The van der Waals surface area contributed by atoms with Crippen LogP contribution in [0, 0.1) is 0 Å². The van der Waals surface area contributed by atoms with Crippen molar-refractivity contribution in [2.45, 2.75) is 25.4 Å². The van der Waals surface area contributed by atoms with Gasteiger partial charge < -0.3 is 9.84 Å². The van der Waals surface area contributed by atoms with Crippen LogP contribution in [0.5, 0.6) is 5.75 Å². The summed E-state index contributed by atoms with van der Waals surface area (Å²) in [6.07, 6.45) is 5.08. The minimum absolute atomic E-state index is 0.535. The molecule has 5 heteroatoms. The Morgan fingerprint density at radius 3 is 2.71 bits per heavy atom. The Morgan fingerprint density at radius 1 is 1.29 bits per heavy atom. The monoisotopic (exact) mass is 302 g/mol. The van der Waals surface area contributed by atoms with Gasteiger partial charge in [0, 0.05) is 30.6 Å². The number of ether oxygens (including phenoxy) is 1. The van der Waals surface area contributed by atoms with E-state index in [9.17, 15) is 5.11 Å². The van der Waals surface area contributed by atoms with E-state index in [2.05, 4.69) is 4.98 Å². The summed E-state index contributed by atoms with van der Waals surface area (Å²) in [5, 5.41) is 12.6. The number of fused-ring (bicyclic) bond motifs is 1. The van der Waals surface area contributed by atoms with Crippen LogP contribution in [0.2, 0.25) is 0 Å². The predicted molar refractivity (Wildman–Crippen MR) is 84.1 cm³/mol. The molecule has 2 aromatic heterocycles. The van der Waals surface area contributed by atoms with Crippen LogP contribution in [0.4, 0.5) is 0 Å². The summed E-state index contributed by atoms with van der Waals surface area (Å²) in [6, 6.07) is 7.80. The van der Waals surface area contributed by atoms with Crippen LogP contribution < -0.4 is 4.74 Å². The van der Waals surface area contributed by atoms with E-state index >= 15 is 0 Å². The van der Waals surface area contributed by atoms with Gasteiger partial charge in [0.05, 0.1) is 18.4 Å². The number of nitrogens with zero attached hydrogens (tertiary/aromatic N) is 2. The third-order valence-electron chi connectivity index (χ3n) is 3.45. The van der Waals surface area contributed by atoms with E-state index in [1.165, 1.54) is 0 Å². The summed E-state index contributed by atoms with van der Waals surface area (Å²) in [5.41, 5.74) is 1.18. The second-order valence-corrected chi connectivity index (χ2v) is 6.40. The topological polar surface area (TPSA) is 46.8 Å². The Morgan fingerprint density at radius 2 is 2.05 bits per heavy atom. The van der Waals surface area contributed by atoms with Crippen molar-refractivity contribution in [3.05, 3.63) is 53.3 Å². The zero-order valence-electron chi connectivity index (χ0n) is 12.1. The van der Waals surface area contributed by atoms with Crippen LogP contribution >= 0.6 is 11.3 Å². The Hall–Kier alpha value is -1.85. The summed E-state index contributed by atoms with van der Waals surface area (Å²) in [5.74, 6) is 0.827. The Kier molecular flexibility index (Phi) is 3.69. The van der Waals surface area contributed by atoms with E-state index in [0.717, 1.165) is 22.0 Å². The summed E-state index contributed by atoms with van der Waals surface area (Å²) >= 11 is 1.60. The fraction of sp³-hybridized carbons (Fsp3) is 0.312. The average Bonchev–Trinajstić information content (AvgIpc) is 2.99. The molecule has 0 saturated heterocycles. The molecule has 3 aromatic rings. The van der Waals surface area contributed by atoms with Crippen molar-refractivity contribution in [3.63, 3.8) is 0 Å². The fourth-order valence-corrected chi connectivity index (χ4v) is 3.22. The van der Waals surface area contributed by atoms with E-state index < -0.39 is 5.60 Å². The van der Waals surface area contributed by atoms with E-state index in [1.54, 1.807) is 18.4 Å². The largest absolute Gasteiger partial charge is 0.497 e. The lowest BCUT2D eigenvalue weighted by atomic mass is 9.92. The standard InChI is InChI=1S/C16H18N2O2S/c1-16(19,9-12-3-5-14(20-2)6-4-12)10-13-11-18-7-8-21-15(18)17-13/h3-8,11,19H,9-10H2,1-2H3. The van der Waals surface area contributed by atoms with Crippen molar-refractivity contribution in [2.24, 2.45) is 0 Å². The van der Waals surface area contributed by atoms with Gasteiger partial charge in [0.2, 0.25) is 0 Å². The van der Waals surface area contributed by atoms with Gasteiger partial charge >= 0.3 is 0 Å². The Balaban J connectivity index is 1.71. The number of benzene rings is 1. The van der Waals surface area contributed by atoms with Crippen LogP contribution in [0.25, 0.3) is 4.96 Å². The molecule has 0 bridgehead atoms. The van der Waals surface area contributed by atoms with Crippen molar-refractivity contribution >= 4 is 16.3 Å². The molecule has 0 aliphatic rings. The SMILES string of the molecule is COc1ccc(CC(C)(O)Cc2cn3ccsc3n2)cc1. The molecule has 1 atom stereocenters. The van der Waals surface area contributed by atoms with Gasteiger partial charge in [-0.2, -0.15) is 0 Å². The number of methoxy groups -OCH3 is 1. The molecule has 3 rings (SSSR count). The number of hydrogen-bond acceptors (Lipinski definition) is 4. The number of aromatic nitrogens is 2. The molecule has 1 aromatic carbocycles. The third kappa shape index (κ3) is 3.25. The molecule has 0 radical (unpaired) electrons. The third-order valence-corrected chi connectivity index (χ3v) is 4.22. The highest BCUT2D eigenvalue weighted by molar-refractivity contribution is 7.15. The maximum absolute atomic E-state index is 10.6. The van der Waals surface area contributed by atoms with E-state index in [-0.39, 0.29) is 0 Å². The highest BCUT2D eigenvalue weighted by Gasteiger charge is 2.23. The summed E-state index contributed by atoms with van der Waals surface area (Å²) in [7, 11) is 1.65. The first kappa shape index (κ1) is 14.1. The Bertz CT molecular complexity index is 700. The molecule has 2 heterocycles. The van der Waals surface area contributed by atoms with Gasteiger partial charge in [-0.25, -0.2) is 4.98 Å². The van der Waals surface area contributed by atoms with Crippen molar-refractivity contribution in [3.8, 4) is 5.75 Å². The molecular weight excluding hydrogens is 284 g/mol. The quantitative estimate of drug-likeness (QED) is 0.788. The number of aliphatic hydroxyl groups is 1. The predicted octanol–water partition coefficient (Wildman–Crippen LogP) is 2.94. The van der Waals surface area contributed by atoms with E-state index in [0.29, 0.717) is 12.8 Å². The number of hydrogen-bond donors (Lipinski definition) is 1. The van der Waals surface area contributed by atoms with Crippen molar-refractivity contribution in [2.75, 3.05) is 7.11 Å². The summed E-state index contributed by atoms with van der Waals surface area (Å²) < 4.78 is 7.14. The van der Waals surface area contributed by atoms with Gasteiger partial charge in [0.15, 0.2) is 4.96 Å². The van der Waals surface area contributed by atoms with Crippen molar-refractivity contribution < 1.29 is 9.84 Å². The van der Waals surface area contributed by atoms with Gasteiger partial charge in [0.25, 0.3) is 0 Å². The highest BCUT2D eigenvalue weighted by Crippen LogP contribution is 2.21. The van der Waals surface area contributed by atoms with Crippen LogP contribution in [0.15, 0.2) is 42.0 Å². The van der Waals surface area contributed by atoms with Crippen molar-refractivity contribution in [1.29, 1.82) is 0 Å². The Labute approximate surface area is 127 Å². The second-order valence-electron chi connectivity index (χ2n) is 5.52. The van der Waals surface area contributed by atoms with Gasteiger partial charge in [-0.3, -0.25) is 4.40 Å². The van der Waals surface area contributed by atoms with Crippen LogP contribution in [0.1, 0.15) is 18.2 Å². The maximum atomic E-state index is 10.6. The van der Waals surface area contributed by atoms with Crippen LogP contribution in [0.3, 0.4) is 0 Å². The maximum Gasteiger partial charge on any atom is 0.193 e. The lowest BCUT2D eigenvalue weighted by molar-refractivity contribution is 0.0599. The molecule has 21 heavy (non-hydrogen) atoms. The van der Waals surface area contributed by atoms with Gasteiger partial charge in [0.1, 0.15) is 5.75 Å². The second kappa shape index (κ2) is 5.50. The minimum atomic E-state index is -0.821. The van der Waals surface area contributed by atoms with Crippen molar-refractivity contribution in [1.82, 2.24) is 9.38 Å². The lowest BCUT2D eigenvalue weighted by Crippen LogP contribution is -2.30. The first-order valence-corrected chi connectivity index (χ1v) is 7.70. The highest BCUT2D eigenvalue weighted by atomic mass is 32.1. The smallest absolute Gasteiger partial charge is 0.193 e. The normalized spacial score (nSPS) is 14.2. The molecule has 110 valence electrons. The molecule has 0 amide bonds. The first-order chi connectivity index (χ1) is 10.1. The number of rotatable bonds is 5. The molecule has 0 aliphatic heterocycles. The first-order valence-electron chi connectivity index (χ1n) is 6.82. The number of thiazole rings is 1. The molecule has 0 saturated carbocycles. The molecule has 0 aliphatic carbocycles. The molecule has 4 nitrogen and oxygen atoms in total. The van der Waals surface area contributed by atoms with Gasteiger partial charge in [-0.15, -0.1) is 11.3 Å². The fourth-order valence-electron chi connectivity index (χ4n) is 2.50. The summed E-state index contributed by atoms with van der Waals surface area (Å²) in [4.78, 5) is 5.49. The van der Waals surface area contributed by atoms with E-state index in [1.807, 2.05) is 53.4 Å². The average molecular weight is 302 g/mol. The summed E-state index contributed by atoms with van der Waals surface area (Å²) in [6.45, 7) is 1.85. The van der Waals surface area contributed by atoms with Crippen LogP contribution in [-0.4, -0.2) is 27.2 Å². The van der Waals surface area contributed by atoms with Gasteiger partial charge in [-0.1, -0.05) is 12.1 Å². The zero-order valence-corrected chi connectivity index (χ0v) is 12.9. The molecule has 0 fully saturated rings.